The molecule has 1 amide bonds. The molecule has 0 radical (unpaired) electrons. The van der Waals surface area contributed by atoms with Crippen molar-refractivity contribution in [3.63, 3.8) is 0 Å². The Kier molecular flexibility index (Phi) is 5.51. The lowest BCUT2D eigenvalue weighted by Crippen LogP contribution is -2.13. The van der Waals surface area contributed by atoms with E-state index in [2.05, 4.69) is 20.6 Å². The Morgan fingerprint density at radius 2 is 2.00 bits per heavy atom. The zero-order valence-corrected chi connectivity index (χ0v) is 12.5. The first-order chi connectivity index (χ1) is 10.1. The summed E-state index contributed by atoms with van der Waals surface area (Å²) in [6.45, 7) is 2.59. The highest BCUT2D eigenvalue weighted by Crippen LogP contribution is 2.13. The minimum absolute atomic E-state index is 0.0157. The lowest BCUT2D eigenvalue weighted by atomic mass is 10.2. The maximum absolute atomic E-state index is 11.8. The van der Waals surface area contributed by atoms with E-state index in [4.69, 9.17) is 11.6 Å². The molecule has 2 aromatic rings. The van der Waals surface area contributed by atoms with Crippen molar-refractivity contribution >= 4 is 29.0 Å². The second kappa shape index (κ2) is 7.59. The molecule has 0 atom stereocenters. The molecule has 1 heterocycles. The van der Waals surface area contributed by atoms with Gasteiger partial charge >= 0.3 is 0 Å². The summed E-state index contributed by atoms with van der Waals surface area (Å²) in [7, 11) is 0. The molecule has 0 aliphatic carbocycles. The summed E-state index contributed by atoms with van der Waals surface area (Å²) in [6.07, 6.45) is 2.69. The van der Waals surface area contributed by atoms with Crippen molar-refractivity contribution in [1.82, 2.24) is 9.97 Å². The van der Waals surface area contributed by atoms with Crippen LogP contribution in [0.2, 0.25) is 5.02 Å². The molecule has 0 spiro atoms. The molecule has 21 heavy (non-hydrogen) atoms. The fourth-order valence-corrected chi connectivity index (χ4v) is 1.90. The van der Waals surface area contributed by atoms with Gasteiger partial charge in [-0.25, -0.2) is 9.97 Å². The average molecular weight is 305 g/mol. The van der Waals surface area contributed by atoms with Crippen molar-refractivity contribution in [1.29, 1.82) is 0 Å². The lowest BCUT2D eigenvalue weighted by molar-refractivity contribution is -0.116. The Morgan fingerprint density at radius 3 is 2.71 bits per heavy atom. The highest BCUT2D eigenvalue weighted by molar-refractivity contribution is 6.30. The number of carbonyl (C=O) groups is 1. The zero-order valence-electron chi connectivity index (χ0n) is 11.8. The normalized spacial score (nSPS) is 10.2. The van der Waals surface area contributed by atoms with E-state index >= 15 is 0 Å². The smallest absolute Gasteiger partial charge is 0.224 e. The molecule has 0 aliphatic rings. The molecule has 0 aliphatic heterocycles. The minimum Gasteiger partial charge on any atom is -0.370 e. The first kappa shape index (κ1) is 15.3. The van der Waals surface area contributed by atoms with Gasteiger partial charge in [0, 0.05) is 35.4 Å². The Bertz CT molecular complexity index is 601. The summed E-state index contributed by atoms with van der Waals surface area (Å²) in [5.74, 6) is 0.763. The average Bonchev–Trinajstić information content (AvgIpc) is 2.46. The van der Waals surface area contributed by atoms with Crippen molar-refractivity contribution in [2.75, 3.05) is 17.2 Å². The number of hydrogen-bond donors (Lipinski definition) is 2. The van der Waals surface area contributed by atoms with Gasteiger partial charge in [0.1, 0.15) is 12.1 Å². The number of rotatable bonds is 6. The van der Waals surface area contributed by atoms with Crippen LogP contribution in [-0.4, -0.2) is 22.4 Å². The predicted molar refractivity (Wildman–Crippen MR) is 84.6 cm³/mol. The minimum atomic E-state index is -0.0157. The number of aryl methyl sites for hydroxylation is 1. The molecule has 0 saturated heterocycles. The molecule has 2 N–H and O–H groups in total. The van der Waals surface area contributed by atoms with Crippen molar-refractivity contribution in [3.05, 3.63) is 47.4 Å². The highest BCUT2D eigenvalue weighted by atomic mass is 35.5. The molecule has 0 unspecified atom stereocenters. The second-order valence-corrected chi connectivity index (χ2v) is 5.07. The van der Waals surface area contributed by atoms with Crippen LogP contribution in [0.3, 0.4) is 0 Å². The van der Waals surface area contributed by atoms with E-state index in [1.165, 1.54) is 6.33 Å². The topological polar surface area (TPSA) is 66.9 Å². The molecule has 6 heteroatoms. The van der Waals surface area contributed by atoms with Crippen LogP contribution in [0.25, 0.3) is 0 Å². The third kappa shape index (κ3) is 5.39. The monoisotopic (exact) mass is 304 g/mol. The fourth-order valence-electron chi connectivity index (χ4n) is 1.77. The van der Waals surface area contributed by atoms with Crippen LogP contribution in [0, 0.1) is 6.92 Å². The Labute approximate surface area is 128 Å². The number of carbonyl (C=O) groups excluding carboxylic acids is 1. The van der Waals surface area contributed by atoms with Gasteiger partial charge in [-0.1, -0.05) is 11.6 Å². The first-order valence-corrected chi connectivity index (χ1v) is 7.09. The van der Waals surface area contributed by atoms with Gasteiger partial charge in [-0.3, -0.25) is 4.79 Å². The highest BCUT2D eigenvalue weighted by Gasteiger charge is 2.02. The van der Waals surface area contributed by atoms with Crippen LogP contribution in [-0.2, 0) is 4.79 Å². The van der Waals surface area contributed by atoms with Crippen molar-refractivity contribution in [2.45, 2.75) is 19.8 Å². The van der Waals surface area contributed by atoms with Gasteiger partial charge in [-0.05, 0) is 37.6 Å². The lowest BCUT2D eigenvalue weighted by Gasteiger charge is -2.07. The summed E-state index contributed by atoms with van der Waals surface area (Å²) in [6, 6.07) is 8.92. The van der Waals surface area contributed by atoms with Crippen molar-refractivity contribution in [2.24, 2.45) is 0 Å². The van der Waals surface area contributed by atoms with Gasteiger partial charge in [0.05, 0.1) is 0 Å². The van der Waals surface area contributed by atoms with E-state index in [0.29, 0.717) is 18.0 Å². The predicted octanol–water partition coefficient (Wildman–Crippen LogP) is 3.27. The summed E-state index contributed by atoms with van der Waals surface area (Å²) in [5.41, 5.74) is 1.66. The standard InChI is InChI=1S/C15H17ClN4O/c1-11-9-14(19-10-18-11)17-8-2-3-15(21)20-13-6-4-12(16)5-7-13/h4-7,9-10H,2-3,8H2,1H3,(H,20,21)(H,17,18,19). The molecule has 0 saturated carbocycles. The van der Waals surface area contributed by atoms with Gasteiger partial charge < -0.3 is 10.6 Å². The number of aromatic nitrogens is 2. The van der Waals surface area contributed by atoms with Crippen molar-refractivity contribution in [3.8, 4) is 0 Å². The van der Waals surface area contributed by atoms with E-state index < -0.39 is 0 Å². The maximum atomic E-state index is 11.8. The summed E-state index contributed by atoms with van der Waals surface area (Å²) < 4.78 is 0. The van der Waals surface area contributed by atoms with Gasteiger partial charge in [0.15, 0.2) is 0 Å². The third-order valence-corrected chi connectivity index (χ3v) is 3.07. The van der Waals surface area contributed by atoms with Crippen LogP contribution < -0.4 is 10.6 Å². The largest absolute Gasteiger partial charge is 0.370 e. The second-order valence-electron chi connectivity index (χ2n) is 4.63. The van der Waals surface area contributed by atoms with Gasteiger partial charge in [-0.2, -0.15) is 0 Å². The van der Waals surface area contributed by atoms with E-state index in [-0.39, 0.29) is 5.91 Å². The number of hydrogen-bond acceptors (Lipinski definition) is 4. The summed E-state index contributed by atoms with van der Waals surface area (Å²) in [5, 5.41) is 6.64. The SMILES string of the molecule is Cc1cc(NCCCC(=O)Nc2ccc(Cl)cc2)ncn1. The summed E-state index contributed by atoms with van der Waals surface area (Å²) >= 11 is 5.79. The molecule has 0 bridgehead atoms. The van der Waals surface area contributed by atoms with Crippen molar-refractivity contribution < 1.29 is 4.79 Å². The molecule has 1 aromatic carbocycles. The number of nitrogens with zero attached hydrogens (tertiary/aromatic N) is 2. The zero-order chi connectivity index (χ0) is 15.1. The fraction of sp³-hybridized carbons (Fsp3) is 0.267. The van der Waals surface area contributed by atoms with E-state index in [1.807, 2.05) is 13.0 Å². The number of benzene rings is 1. The molecule has 2 rings (SSSR count). The third-order valence-electron chi connectivity index (χ3n) is 2.82. The van der Waals surface area contributed by atoms with E-state index in [9.17, 15) is 4.79 Å². The van der Waals surface area contributed by atoms with Gasteiger partial charge in [-0.15, -0.1) is 0 Å². The van der Waals surface area contributed by atoms with Crippen LogP contribution in [0.15, 0.2) is 36.7 Å². The van der Waals surface area contributed by atoms with Gasteiger partial charge in [0.2, 0.25) is 5.91 Å². The number of nitrogens with one attached hydrogen (secondary N) is 2. The molecular formula is C15H17ClN4O. The molecule has 1 aromatic heterocycles. The Hall–Kier alpha value is -2.14. The summed E-state index contributed by atoms with van der Waals surface area (Å²) in [4.78, 5) is 19.9. The number of anilines is 2. The van der Waals surface area contributed by atoms with Gasteiger partial charge in [0.25, 0.3) is 0 Å². The number of halogens is 1. The molecular weight excluding hydrogens is 288 g/mol. The molecule has 0 fully saturated rings. The first-order valence-electron chi connectivity index (χ1n) is 6.71. The Morgan fingerprint density at radius 1 is 1.24 bits per heavy atom. The molecule has 110 valence electrons. The van der Waals surface area contributed by atoms with Crippen LogP contribution in [0.1, 0.15) is 18.5 Å². The van der Waals surface area contributed by atoms with Crippen LogP contribution in [0.5, 0.6) is 0 Å². The van der Waals surface area contributed by atoms with E-state index in [1.54, 1.807) is 24.3 Å². The maximum Gasteiger partial charge on any atom is 0.224 e. The number of amides is 1. The van der Waals surface area contributed by atoms with E-state index in [0.717, 1.165) is 23.6 Å². The quantitative estimate of drug-likeness (QED) is 0.804. The van der Waals surface area contributed by atoms with Crippen LogP contribution >= 0.6 is 11.6 Å². The Balaban J connectivity index is 1.68. The van der Waals surface area contributed by atoms with Crippen LogP contribution in [0.4, 0.5) is 11.5 Å². The molecule has 5 nitrogen and oxygen atoms in total.